The predicted molar refractivity (Wildman–Crippen MR) is 57.0 cm³/mol. The second kappa shape index (κ2) is 4.74. The largest absolute Gasteiger partial charge is 0.350 e. The predicted octanol–water partition coefficient (Wildman–Crippen LogP) is 1.61. The summed E-state index contributed by atoms with van der Waals surface area (Å²) in [5.74, 6) is -0.0529. The van der Waals surface area contributed by atoms with E-state index < -0.39 is 6.17 Å². The van der Waals surface area contributed by atoms with E-state index in [-0.39, 0.29) is 22.7 Å². The molecule has 86 valence electrons. The monoisotopic (exact) mass is 243 g/mol. The highest BCUT2D eigenvalue weighted by Gasteiger charge is 2.28. The van der Waals surface area contributed by atoms with Crippen molar-refractivity contribution in [1.29, 1.82) is 0 Å². The fourth-order valence-electron chi connectivity index (χ4n) is 1.61. The van der Waals surface area contributed by atoms with E-state index in [0.717, 1.165) is 0 Å². The molecule has 1 fully saturated rings. The van der Waals surface area contributed by atoms with Crippen molar-refractivity contribution in [2.45, 2.75) is 19.0 Å². The summed E-state index contributed by atoms with van der Waals surface area (Å²) >= 11 is 5.63. The SMILES string of the molecule is O=C(NCC1CC(F)C1)c1cc(Cl)ncn1. The second-order valence-corrected chi connectivity index (χ2v) is 4.26. The van der Waals surface area contributed by atoms with E-state index in [4.69, 9.17) is 11.6 Å². The Morgan fingerprint density at radius 3 is 2.94 bits per heavy atom. The molecule has 1 N–H and O–H groups in total. The van der Waals surface area contributed by atoms with Crippen LogP contribution < -0.4 is 5.32 Å². The van der Waals surface area contributed by atoms with Crippen molar-refractivity contribution >= 4 is 17.5 Å². The summed E-state index contributed by atoms with van der Waals surface area (Å²) in [6, 6.07) is 1.40. The first kappa shape index (κ1) is 11.3. The van der Waals surface area contributed by atoms with Gasteiger partial charge in [-0.2, -0.15) is 0 Å². The average Bonchev–Trinajstić information content (AvgIpc) is 2.22. The third-order valence-electron chi connectivity index (χ3n) is 2.60. The van der Waals surface area contributed by atoms with Gasteiger partial charge in [0, 0.05) is 12.6 Å². The molecule has 0 bridgehead atoms. The van der Waals surface area contributed by atoms with Crippen molar-refractivity contribution in [3.63, 3.8) is 0 Å². The van der Waals surface area contributed by atoms with Crippen molar-refractivity contribution in [1.82, 2.24) is 15.3 Å². The van der Waals surface area contributed by atoms with E-state index in [9.17, 15) is 9.18 Å². The van der Waals surface area contributed by atoms with E-state index in [1.165, 1.54) is 12.4 Å². The van der Waals surface area contributed by atoms with Gasteiger partial charge in [-0.05, 0) is 18.8 Å². The van der Waals surface area contributed by atoms with Gasteiger partial charge in [0.05, 0.1) is 0 Å². The Balaban J connectivity index is 1.84. The number of halogens is 2. The van der Waals surface area contributed by atoms with Crippen molar-refractivity contribution in [3.8, 4) is 0 Å². The zero-order valence-electron chi connectivity index (χ0n) is 8.49. The highest BCUT2D eigenvalue weighted by molar-refractivity contribution is 6.29. The number of rotatable bonds is 3. The number of carbonyl (C=O) groups is 1. The summed E-state index contributed by atoms with van der Waals surface area (Å²) < 4.78 is 12.5. The number of hydrogen-bond donors (Lipinski definition) is 1. The van der Waals surface area contributed by atoms with E-state index in [2.05, 4.69) is 15.3 Å². The molecule has 0 saturated heterocycles. The molecule has 1 amide bonds. The van der Waals surface area contributed by atoms with Crippen LogP contribution in [-0.2, 0) is 0 Å². The number of aromatic nitrogens is 2. The van der Waals surface area contributed by atoms with Gasteiger partial charge < -0.3 is 5.32 Å². The van der Waals surface area contributed by atoms with Crippen LogP contribution in [0.2, 0.25) is 5.15 Å². The lowest BCUT2D eigenvalue weighted by molar-refractivity contribution is 0.0891. The third kappa shape index (κ3) is 2.66. The Kier molecular flexibility index (Phi) is 3.33. The molecule has 0 aliphatic heterocycles. The lowest BCUT2D eigenvalue weighted by atomic mass is 9.83. The molecule has 2 rings (SSSR count). The maximum atomic E-state index is 12.5. The first-order valence-corrected chi connectivity index (χ1v) is 5.43. The molecule has 1 aliphatic rings. The fourth-order valence-corrected chi connectivity index (χ4v) is 1.75. The molecule has 0 atom stereocenters. The van der Waals surface area contributed by atoms with E-state index in [1.807, 2.05) is 0 Å². The molecule has 6 heteroatoms. The van der Waals surface area contributed by atoms with Gasteiger partial charge in [-0.3, -0.25) is 4.79 Å². The highest BCUT2D eigenvalue weighted by Crippen LogP contribution is 2.29. The molecule has 0 unspecified atom stereocenters. The molecule has 0 spiro atoms. The van der Waals surface area contributed by atoms with Crippen LogP contribution in [0.5, 0.6) is 0 Å². The molecular formula is C10H11ClFN3O. The van der Waals surface area contributed by atoms with Crippen LogP contribution in [-0.4, -0.2) is 28.6 Å². The second-order valence-electron chi connectivity index (χ2n) is 3.87. The van der Waals surface area contributed by atoms with E-state index in [0.29, 0.717) is 19.4 Å². The number of carbonyl (C=O) groups excluding carboxylic acids is 1. The van der Waals surface area contributed by atoms with Crippen molar-refractivity contribution < 1.29 is 9.18 Å². The van der Waals surface area contributed by atoms with Crippen molar-refractivity contribution in [2.24, 2.45) is 5.92 Å². The van der Waals surface area contributed by atoms with Crippen LogP contribution in [0.4, 0.5) is 4.39 Å². The van der Waals surface area contributed by atoms with Crippen LogP contribution in [0.25, 0.3) is 0 Å². The highest BCUT2D eigenvalue weighted by atomic mass is 35.5. The fraction of sp³-hybridized carbons (Fsp3) is 0.500. The molecule has 1 heterocycles. The zero-order valence-corrected chi connectivity index (χ0v) is 9.25. The molecule has 16 heavy (non-hydrogen) atoms. The molecule has 4 nitrogen and oxygen atoms in total. The minimum atomic E-state index is -0.699. The van der Waals surface area contributed by atoms with E-state index in [1.54, 1.807) is 0 Å². The Hall–Kier alpha value is -1.23. The number of alkyl halides is 1. The normalized spacial score (nSPS) is 23.6. The standard InChI is InChI=1S/C10H11ClFN3O/c11-9-3-8(14-5-15-9)10(16)13-4-6-1-7(12)2-6/h3,5-7H,1-2,4H2,(H,13,16). The lowest BCUT2D eigenvalue weighted by Gasteiger charge is -2.29. The van der Waals surface area contributed by atoms with Gasteiger partial charge in [0.25, 0.3) is 5.91 Å². The first-order chi connectivity index (χ1) is 7.65. The third-order valence-corrected chi connectivity index (χ3v) is 2.80. The van der Waals surface area contributed by atoms with Gasteiger partial charge in [0.1, 0.15) is 23.3 Å². The smallest absolute Gasteiger partial charge is 0.270 e. The van der Waals surface area contributed by atoms with E-state index >= 15 is 0 Å². The molecule has 1 aromatic heterocycles. The zero-order chi connectivity index (χ0) is 11.5. The van der Waals surface area contributed by atoms with Gasteiger partial charge in [-0.15, -0.1) is 0 Å². The molecule has 1 aromatic rings. The Morgan fingerprint density at radius 1 is 1.56 bits per heavy atom. The maximum absolute atomic E-state index is 12.5. The van der Waals surface area contributed by atoms with Gasteiger partial charge in [-0.1, -0.05) is 11.6 Å². The summed E-state index contributed by atoms with van der Waals surface area (Å²) in [6.07, 6.45) is 1.60. The quantitative estimate of drug-likeness (QED) is 0.821. The van der Waals surface area contributed by atoms with Crippen LogP contribution >= 0.6 is 11.6 Å². The molecular weight excluding hydrogens is 233 g/mol. The minimum absolute atomic E-state index is 0.229. The van der Waals surface area contributed by atoms with Crippen LogP contribution in [0, 0.1) is 5.92 Å². The first-order valence-electron chi connectivity index (χ1n) is 5.05. The van der Waals surface area contributed by atoms with Crippen LogP contribution in [0.3, 0.4) is 0 Å². The molecule has 1 saturated carbocycles. The molecule has 0 aromatic carbocycles. The van der Waals surface area contributed by atoms with Crippen LogP contribution in [0.1, 0.15) is 23.3 Å². The maximum Gasteiger partial charge on any atom is 0.270 e. The summed E-state index contributed by atoms with van der Waals surface area (Å²) in [5, 5.41) is 2.92. The Labute approximate surface area is 97.2 Å². The minimum Gasteiger partial charge on any atom is -0.350 e. The van der Waals surface area contributed by atoms with Gasteiger partial charge in [-0.25, -0.2) is 14.4 Å². The number of amides is 1. The summed E-state index contributed by atoms with van der Waals surface area (Å²) in [7, 11) is 0. The number of nitrogens with zero attached hydrogens (tertiary/aromatic N) is 2. The average molecular weight is 244 g/mol. The lowest BCUT2D eigenvalue weighted by Crippen LogP contribution is -2.37. The van der Waals surface area contributed by atoms with Crippen molar-refractivity contribution in [2.75, 3.05) is 6.54 Å². The Morgan fingerprint density at radius 2 is 2.31 bits per heavy atom. The summed E-state index contributed by atoms with van der Waals surface area (Å²) in [4.78, 5) is 19.0. The topological polar surface area (TPSA) is 54.9 Å². The summed E-state index contributed by atoms with van der Waals surface area (Å²) in [6.45, 7) is 0.487. The van der Waals surface area contributed by atoms with Gasteiger partial charge >= 0.3 is 0 Å². The molecule has 0 radical (unpaired) electrons. The Bertz CT molecular complexity index is 395. The number of nitrogens with one attached hydrogen (secondary N) is 1. The number of hydrogen-bond acceptors (Lipinski definition) is 3. The van der Waals surface area contributed by atoms with Crippen LogP contribution in [0.15, 0.2) is 12.4 Å². The molecule has 1 aliphatic carbocycles. The van der Waals surface area contributed by atoms with Gasteiger partial charge in [0.2, 0.25) is 0 Å². The van der Waals surface area contributed by atoms with Crippen molar-refractivity contribution in [3.05, 3.63) is 23.2 Å². The van der Waals surface area contributed by atoms with Gasteiger partial charge in [0.15, 0.2) is 0 Å². The summed E-state index contributed by atoms with van der Waals surface area (Å²) in [5.41, 5.74) is 0.233.